The molecule has 12 aromatic rings. The fraction of sp³-hybridized carbons (Fsp3) is 0.567. The molecule has 0 atom stereocenters. The molecule has 6 aliphatic heterocycles. The third kappa shape index (κ3) is 57.5. The number of oxazole rings is 1. The van der Waals surface area contributed by atoms with E-state index in [1.807, 2.05) is 315 Å². The molecular weight excluding hydrogens is 1880 g/mol. The second-order valence-corrected chi connectivity index (χ2v) is 34.7. The predicted octanol–water partition coefficient (Wildman–Crippen LogP) is 39.1. The lowest BCUT2D eigenvalue weighted by atomic mass is 9.98. The highest BCUT2D eigenvalue weighted by Gasteiger charge is 2.27. The maximum atomic E-state index is 11.3. The van der Waals surface area contributed by atoms with E-state index in [4.69, 9.17) is 4.42 Å². The number of hydrazine groups is 2. The Morgan fingerprint density at radius 1 is 0.419 bits per heavy atom. The van der Waals surface area contributed by atoms with E-state index in [1.165, 1.54) is 92.9 Å². The number of aryl methyl sites for hydroxylation is 2. The Kier molecular flexibility index (Phi) is 104. The smallest absolute Gasteiger partial charge is 0.408 e. The van der Waals surface area contributed by atoms with Gasteiger partial charge >= 0.3 is 11.2 Å². The monoisotopic (exact) mass is 2110 g/mol. The van der Waals surface area contributed by atoms with Crippen molar-refractivity contribution in [2.24, 2.45) is 10.9 Å². The van der Waals surface area contributed by atoms with Gasteiger partial charge in [0.2, 0.25) is 5.91 Å². The first kappa shape index (κ1) is 156. The average molecular weight is 2110 g/mol. The van der Waals surface area contributed by atoms with Crippen LogP contribution in [0.1, 0.15) is 521 Å². The molecule has 21 heteroatoms. The van der Waals surface area contributed by atoms with Crippen molar-refractivity contribution >= 4 is 100 Å². The van der Waals surface area contributed by atoms with Gasteiger partial charge in [0, 0.05) is 77.5 Å². The summed E-state index contributed by atoms with van der Waals surface area (Å²) in [5.74, 6) is 5.36. The first-order valence-corrected chi connectivity index (χ1v) is 60.2. The summed E-state index contributed by atoms with van der Waals surface area (Å²) in [6, 6.07) is 40.9. The van der Waals surface area contributed by atoms with E-state index in [9.17, 15) is 19.2 Å². The minimum Gasteiger partial charge on any atom is -0.408 e. The standard InChI is InChI=1S/C11H11NO2.C11H13NO.C10H16N2.C10H13N2.C10H11NO2.C10H15NS.2C10H11NS.C9H13N3.18C2H6/c1-6(2)7-3-4-8-9(5-7)11(14)12-10(8)13;1-7(2)8-3-4-10-9(5-8)6-11(13)12-10;1-8(2)9-7-12-6-4-3-5-10(12)11-9;1-8(2)9-7-11-10-5-3-4-6-12(9)10;1-6(2)7-3-4-8-9(5-7)13-10(12)11-8;1-7(2)10-5-8-6-11-4-3-9(8)12-10;1-7(2)8-5-10-9(11-6-8)3-4-12-10;1-7(2)9-5-8-3-4-12-10(8)11-6-9;1-6(2)7-3-4-8-9(5-7)11-12-10-8;18*1-2/h3-6H,1-2H3,(H,12,13,14);3-5,7H,6H2,1-2H3,(H,12,13);7-8H,3-6H2,1-2H3;3-6,8H,7H2,1-2H3;3-6H,1-2H3,(H,11,12);5,7,11H,3-4,6H2,1-2H3;2*3-7H,1-2H3;3-6,10-12H,1-2H3;18*1-2H3/q;;;+1;;;;;;;;;;;;;;;;;;;;;;;. The molecule has 4 aromatic carbocycles. The van der Waals surface area contributed by atoms with Crippen molar-refractivity contribution in [3.8, 4) is 0 Å². The second-order valence-electron chi connectivity index (χ2n) is 31.7. The summed E-state index contributed by atoms with van der Waals surface area (Å²) in [7, 11) is 0. The van der Waals surface area contributed by atoms with E-state index >= 15 is 0 Å². The number of benzene rings is 4. The van der Waals surface area contributed by atoms with E-state index < -0.39 is 5.76 Å². The third-order valence-corrected chi connectivity index (χ3v) is 23.3. The van der Waals surface area contributed by atoms with Crippen LogP contribution in [0.5, 0.6) is 0 Å². The summed E-state index contributed by atoms with van der Waals surface area (Å²) in [4.78, 5) is 69.2. The molecule has 148 heavy (non-hydrogen) atoms. The number of nitrogens with one attached hydrogen (secondary N) is 7. The highest BCUT2D eigenvalue weighted by molar-refractivity contribution is 7.17. The fourth-order valence-corrected chi connectivity index (χ4v) is 15.6. The number of imidazole rings is 1. The molecule has 6 aliphatic rings. The average Bonchev–Trinajstić information content (AvgIpc) is 1.66. The van der Waals surface area contributed by atoms with Crippen LogP contribution < -0.4 is 47.8 Å². The van der Waals surface area contributed by atoms with Crippen molar-refractivity contribution in [2.45, 2.75) is 466 Å². The number of H-pyrrole nitrogens is 1. The van der Waals surface area contributed by atoms with Crippen molar-refractivity contribution < 1.29 is 23.0 Å². The molecule has 0 radical (unpaired) electrons. The Bertz CT molecular complexity index is 5200. The van der Waals surface area contributed by atoms with Gasteiger partial charge in [-0.1, -0.05) is 415 Å². The van der Waals surface area contributed by atoms with Gasteiger partial charge in [0.15, 0.2) is 12.1 Å². The minimum absolute atomic E-state index is 0.107. The van der Waals surface area contributed by atoms with E-state index in [0.29, 0.717) is 76.4 Å². The van der Waals surface area contributed by atoms with Crippen molar-refractivity contribution in [3.63, 3.8) is 0 Å². The number of rotatable bonds is 9. The number of hydrogen-bond acceptors (Lipinski definition) is 16. The molecule has 0 bridgehead atoms. The number of aromatic nitrogens is 6. The number of anilines is 3. The summed E-state index contributed by atoms with van der Waals surface area (Å²) in [6.07, 6.45) is 13.8. The van der Waals surface area contributed by atoms with Crippen LogP contribution in [0, 0.1) is 11.6 Å². The number of hydrogen-bond donors (Lipinski definition) is 7. The second kappa shape index (κ2) is 99.2. The van der Waals surface area contributed by atoms with Gasteiger partial charge in [0.05, 0.1) is 56.5 Å². The number of thiophene rings is 3. The van der Waals surface area contributed by atoms with E-state index in [1.54, 1.807) is 44.6 Å². The van der Waals surface area contributed by atoms with Crippen LogP contribution in [0.15, 0.2) is 171 Å². The van der Waals surface area contributed by atoms with Gasteiger partial charge in [0.25, 0.3) is 11.8 Å². The van der Waals surface area contributed by atoms with E-state index in [2.05, 4.69) is 281 Å². The zero-order chi connectivity index (χ0) is 116. The zero-order valence-corrected chi connectivity index (χ0v) is 107. The third-order valence-electron chi connectivity index (χ3n) is 20.1. The van der Waals surface area contributed by atoms with E-state index in [0.717, 1.165) is 69.2 Å². The molecule has 14 heterocycles. The number of aromatic amines is 1. The summed E-state index contributed by atoms with van der Waals surface area (Å²) in [6.45, 7) is 115. The topological polar surface area (TPSA) is 231 Å². The van der Waals surface area contributed by atoms with Crippen LogP contribution in [0.4, 0.5) is 17.1 Å². The van der Waals surface area contributed by atoms with Gasteiger partial charge < -0.3 is 30.5 Å². The quantitative estimate of drug-likeness (QED) is 0.0529. The van der Waals surface area contributed by atoms with Crippen molar-refractivity contribution in [3.05, 3.63) is 256 Å². The van der Waals surface area contributed by atoms with Crippen LogP contribution >= 0.6 is 34.0 Å². The molecule has 0 saturated heterocycles. The number of nitrogens with zero attached hydrogens (tertiary/aromatic N) is 6. The van der Waals surface area contributed by atoms with Crippen LogP contribution in [0.3, 0.4) is 0 Å². The number of carbonyl (C=O) groups excluding carboxylic acids is 3. The fourth-order valence-electron chi connectivity index (χ4n) is 12.9. The van der Waals surface area contributed by atoms with Crippen molar-refractivity contribution in [1.29, 1.82) is 0 Å². The number of pyridine rings is 3. The summed E-state index contributed by atoms with van der Waals surface area (Å²) in [5, 5.41) is 13.9. The lowest BCUT2D eigenvalue weighted by Crippen LogP contribution is -2.37. The molecule has 0 aliphatic carbocycles. The molecular formula is C127H222N13O5S3+. The molecule has 8 aromatic heterocycles. The number of amides is 3. The Balaban J connectivity index is -0.000000202. The van der Waals surface area contributed by atoms with Gasteiger partial charge in [0.1, 0.15) is 16.4 Å². The molecule has 0 fully saturated rings. The summed E-state index contributed by atoms with van der Waals surface area (Å²) in [5.41, 5.74) is 29.6. The van der Waals surface area contributed by atoms with Crippen LogP contribution in [0.2, 0.25) is 0 Å². The molecule has 7 N–H and O–H groups in total. The summed E-state index contributed by atoms with van der Waals surface area (Å²) >= 11 is 5.46. The molecule has 0 saturated carbocycles. The zero-order valence-electron chi connectivity index (χ0n) is 105. The van der Waals surface area contributed by atoms with E-state index in [-0.39, 0.29) is 17.7 Å². The SMILES string of the molecule is CC.CC.CC.CC.CC.CC.CC.CC.CC.CC.CC.CC.CC.CC.CC.CC.CC.CC.CC(C)C1=[n+]2ccccc2=NC1.CC(C)c1cc2c(s1)CCNC2.CC(C)c1ccc2[nH]c(=O)oc2c1.CC(C)c1ccc2c(c1)C(=O)NC2=O.CC(C)c1ccc2c(c1)CC(=O)N2.CC(C)c1ccc2c(c1)NNN2.CC(C)c1cn2c(n1)CCCC2.CC(C)c1cnc2ccsc2c1.CC(C)c1cnc2sccc2c1. The first-order chi connectivity index (χ1) is 71.6. The van der Waals surface area contributed by atoms with Crippen molar-refractivity contribution in [1.82, 2.24) is 40.7 Å². The Hall–Kier alpha value is -9.77. The normalized spacial score (nSPS) is 11.2. The predicted molar refractivity (Wildman–Crippen MR) is 668 cm³/mol. The maximum absolute atomic E-state index is 11.3. The number of fused-ring (bicyclic) bond motifs is 9. The van der Waals surface area contributed by atoms with Gasteiger partial charge in [-0.25, -0.2) is 19.0 Å². The molecule has 0 unspecified atom stereocenters. The van der Waals surface area contributed by atoms with Gasteiger partial charge in [-0.15, -0.1) is 39.5 Å². The van der Waals surface area contributed by atoms with Gasteiger partial charge in [-0.05, 0) is 201 Å². The lowest BCUT2D eigenvalue weighted by molar-refractivity contribution is -0.539. The summed E-state index contributed by atoms with van der Waals surface area (Å²) < 4.78 is 10.7. The molecule has 18 rings (SSSR count). The highest BCUT2D eigenvalue weighted by atomic mass is 32.1. The van der Waals surface area contributed by atoms with Crippen molar-refractivity contribution in [2.75, 3.05) is 29.3 Å². The first-order valence-electron chi connectivity index (χ1n) is 57.6. The largest absolute Gasteiger partial charge is 0.417 e. The Morgan fingerprint density at radius 3 is 1.44 bits per heavy atom. The molecule has 0 spiro atoms. The van der Waals surface area contributed by atoms with Gasteiger partial charge in [-0.2, -0.15) is 0 Å². The molecule has 842 valence electrons. The highest BCUT2D eigenvalue weighted by Crippen LogP contribution is 2.33. The Labute approximate surface area is 919 Å². The Morgan fingerprint density at radius 2 is 0.912 bits per heavy atom. The minimum atomic E-state index is -0.393. The molecule has 3 amide bonds. The maximum Gasteiger partial charge on any atom is 0.417 e. The molecule has 18 nitrogen and oxygen atoms in total. The number of imide groups is 1. The van der Waals surface area contributed by atoms with Gasteiger partial charge in [-0.3, -0.25) is 29.7 Å². The number of carbonyl (C=O) groups is 3. The van der Waals surface area contributed by atoms with Crippen LogP contribution in [0.25, 0.3) is 31.5 Å². The lowest BCUT2D eigenvalue weighted by Gasteiger charge is -2.11. The van der Waals surface area contributed by atoms with Crippen LogP contribution in [-0.4, -0.2) is 55.3 Å². The van der Waals surface area contributed by atoms with Crippen LogP contribution in [-0.2, 0) is 37.1 Å².